The Morgan fingerprint density at radius 3 is 2.73 bits per heavy atom. The number of likely N-dealkylation sites (N-methyl/N-ethyl adjacent to an activating group) is 1. The van der Waals surface area contributed by atoms with Crippen LogP contribution in [0.25, 0.3) is 0 Å². The minimum atomic E-state index is 0.966. The molecule has 1 aliphatic heterocycles. The average Bonchev–Trinajstić information content (AvgIpc) is 2.22. The second-order valence-corrected chi connectivity index (χ2v) is 4.96. The van der Waals surface area contributed by atoms with Crippen LogP contribution < -0.4 is 0 Å². The Morgan fingerprint density at radius 2 is 2.07 bits per heavy atom. The number of pyridine rings is 1. The molecule has 0 spiro atoms. The van der Waals surface area contributed by atoms with Crippen molar-refractivity contribution in [2.75, 3.05) is 33.2 Å². The van der Waals surface area contributed by atoms with Crippen LogP contribution in [0.5, 0.6) is 0 Å². The molecule has 0 atom stereocenters. The lowest BCUT2D eigenvalue weighted by molar-refractivity contribution is 0.147. The predicted molar refractivity (Wildman–Crippen MR) is 64.7 cm³/mol. The summed E-state index contributed by atoms with van der Waals surface area (Å²) in [7, 11) is 2.18. The molecule has 0 unspecified atom stereocenters. The highest BCUT2D eigenvalue weighted by molar-refractivity contribution is 9.10. The van der Waals surface area contributed by atoms with E-state index in [2.05, 4.69) is 43.8 Å². The lowest BCUT2D eigenvalue weighted by Crippen LogP contribution is -2.43. The van der Waals surface area contributed by atoms with E-state index in [4.69, 9.17) is 0 Å². The van der Waals surface area contributed by atoms with Gasteiger partial charge in [0.2, 0.25) is 0 Å². The highest BCUT2D eigenvalue weighted by atomic mass is 79.9. The fourth-order valence-corrected chi connectivity index (χ4v) is 2.15. The number of piperazine rings is 1. The average molecular weight is 270 g/mol. The Balaban J connectivity index is 1.92. The summed E-state index contributed by atoms with van der Waals surface area (Å²) in [4.78, 5) is 9.19. The van der Waals surface area contributed by atoms with Crippen LogP contribution in [0.2, 0.25) is 0 Å². The van der Waals surface area contributed by atoms with Crippen LogP contribution in [0.4, 0.5) is 0 Å². The molecule has 2 heterocycles. The zero-order valence-electron chi connectivity index (χ0n) is 8.99. The van der Waals surface area contributed by atoms with Crippen molar-refractivity contribution in [1.29, 1.82) is 0 Å². The topological polar surface area (TPSA) is 19.4 Å². The van der Waals surface area contributed by atoms with Crippen molar-refractivity contribution in [3.63, 3.8) is 0 Å². The quantitative estimate of drug-likeness (QED) is 0.813. The smallest absolute Gasteiger partial charge is 0.0555 e. The van der Waals surface area contributed by atoms with E-state index in [0.717, 1.165) is 42.9 Å². The number of rotatable bonds is 2. The number of hydrogen-bond donors (Lipinski definition) is 0. The second kappa shape index (κ2) is 5.05. The molecule has 2 rings (SSSR count). The molecule has 15 heavy (non-hydrogen) atoms. The molecule has 0 bridgehead atoms. The van der Waals surface area contributed by atoms with Gasteiger partial charge in [0.05, 0.1) is 5.69 Å². The summed E-state index contributed by atoms with van der Waals surface area (Å²) in [6.07, 6.45) is 1.86. The first-order chi connectivity index (χ1) is 7.24. The summed E-state index contributed by atoms with van der Waals surface area (Å²) >= 11 is 3.47. The zero-order valence-corrected chi connectivity index (χ0v) is 10.6. The van der Waals surface area contributed by atoms with Gasteiger partial charge in [-0.15, -0.1) is 0 Å². The Labute approximate surface area is 99.2 Å². The van der Waals surface area contributed by atoms with Gasteiger partial charge in [0.1, 0.15) is 0 Å². The Hall–Kier alpha value is -0.450. The first-order valence-electron chi connectivity index (χ1n) is 5.25. The van der Waals surface area contributed by atoms with Crippen LogP contribution in [0.15, 0.2) is 22.8 Å². The molecule has 0 aliphatic carbocycles. The van der Waals surface area contributed by atoms with Gasteiger partial charge in [-0.2, -0.15) is 0 Å². The van der Waals surface area contributed by atoms with Gasteiger partial charge >= 0.3 is 0 Å². The summed E-state index contributed by atoms with van der Waals surface area (Å²) in [5.74, 6) is 0. The van der Waals surface area contributed by atoms with Gasteiger partial charge in [-0.25, -0.2) is 0 Å². The van der Waals surface area contributed by atoms with Crippen LogP contribution in [-0.4, -0.2) is 48.0 Å². The maximum absolute atomic E-state index is 4.37. The van der Waals surface area contributed by atoms with Crippen molar-refractivity contribution >= 4 is 15.9 Å². The molecule has 0 amide bonds. The normalized spacial score (nSPS) is 19.3. The first-order valence-corrected chi connectivity index (χ1v) is 6.05. The third kappa shape index (κ3) is 3.26. The molecule has 0 N–H and O–H groups in total. The van der Waals surface area contributed by atoms with E-state index in [0.29, 0.717) is 0 Å². The van der Waals surface area contributed by atoms with Gasteiger partial charge in [0, 0.05) is 43.4 Å². The van der Waals surface area contributed by atoms with Gasteiger partial charge in [0.25, 0.3) is 0 Å². The molecule has 4 heteroatoms. The molecular weight excluding hydrogens is 254 g/mol. The van der Waals surface area contributed by atoms with Crippen molar-refractivity contribution in [3.05, 3.63) is 28.5 Å². The minimum absolute atomic E-state index is 0.966. The third-order valence-electron chi connectivity index (χ3n) is 2.76. The number of hydrogen-bond acceptors (Lipinski definition) is 3. The fraction of sp³-hybridized carbons (Fsp3) is 0.545. The molecule has 1 saturated heterocycles. The monoisotopic (exact) mass is 269 g/mol. The third-order valence-corrected chi connectivity index (χ3v) is 3.25. The van der Waals surface area contributed by atoms with E-state index in [1.807, 2.05) is 12.3 Å². The predicted octanol–water partition coefficient (Wildman–Crippen LogP) is 1.59. The van der Waals surface area contributed by atoms with E-state index in [-0.39, 0.29) is 0 Å². The highest BCUT2D eigenvalue weighted by Gasteiger charge is 2.14. The molecule has 3 nitrogen and oxygen atoms in total. The van der Waals surface area contributed by atoms with Gasteiger partial charge in [-0.1, -0.05) is 15.9 Å². The van der Waals surface area contributed by atoms with Crippen LogP contribution >= 0.6 is 15.9 Å². The number of halogens is 1. The van der Waals surface area contributed by atoms with Crippen molar-refractivity contribution in [2.45, 2.75) is 6.54 Å². The lowest BCUT2D eigenvalue weighted by Gasteiger charge is -2.32. The maximum Gasteiger partial charge on any atom is 0.0555 e. The molecule has 0 radical (unpaired) electrons. The summed E-state index contributed by atoms with van der Waals surface area (Å²) < 4.78 is 1.11. The Bertz CT molecular complexity index is 321. The minimum Gasteiger partial charge on any atom is -0.304 e. The van der Waals surface area contributed by atoms with Gasteiger partial charge in [-0.05, 0) is 19.2 Å². The molecular formula is C11H16BrN3. The largest absolute Gasteiger partial charge is 0.304 e. The maximum atomic E-state index is 4.37. The molecule has 0 aromatic carbocycles. The van der Waals surface area contributed by atoms with E-state index < -0.39 is 0 Å². The van der Waals surface area contributed by atoms with Crippen molar-refractivity contribution in [2.24, 2.45) is 0 Å². The first kappa shape index (κ1) is 11.0. The van der Waals surface area contributed by atoms with Crippen molar-refractivity contribution in [3.8, 4) is 0 Å². The summed E-state index contributed by atoms with van der Waals surface area (Å²) in [6.45, 7) is 5.57. The second-order valence-electron chi connectivity index (χ2n) is 4.04. The molecule has 1 fully saturated rings. The standard InChI is InChI=1S/C11H16BrN3/c1-14-4-6-15(7-5-14)9-11-8-10(12)2-3-13-11/h2-3,8H,4-7,9H2,1H3. The Morgan fingerprint density at radius 1 is 1.33 bits per heavy atom. The summed E-state index contributed by atoms with van der Waals surface area (Å²) in [6, 6.07) is 4.06. The van der Waals surface area contributed by atoms with Crippen molar-refractivity contribution in [1.82, 2.24) is 14.8 Å². The summed E-state index contributed by atoms with van der Waals surface area (Å²) in [5, 5.41) is 0. The fourth-order valence-electron chi connectivity index (χ4n) is 1.77. The van der Waals surface area contributed by atoms with E-state index in [9.17, 15) is 0 Å². The van der Waals surface area contributed by atoms with Gasteiger partial charge < -0.3 is 4.90 Å². The van der Waals surface area contributed by atoms with Crippen LogP contribution in [0, 0.1) is 0 Å². The van der Waals surface area contributed by atoms with Gasteiger partial charge in [-0.3, -0.25) is 9.88 Å². The zero-order chi connectivity index (χ0) is 10.7. The van der Waals surface area contributed by atoms with Crippen LogP contribution in [0.3, 0.4) is 0 Å². The SMILES string of the molecule is CN1CCN(Cc2cc(Br)ccn2)CC1. The summed E-state index contributed by atoms with van der Waals surface area (Å²) in [5.41, 5.74) is 1.15. The van der Waals surface area contributed by atoms with Crippen LogP contribution in [-0.2, 0) is 6.54 Å². The molecule has 82 valence electrons. The van der Waals surface area contributed by atoms with Crippen molar-refractivity contribution < 1.29 is 0 Å². The molecule has 1 aliphatic rings. The van der Waals surface area contributed by atoms with Gasteiger partial charge in [0.15, 0.2) is 0 Å². The highest BCUT2D eigenvalue weighted by Crippen LogP contribution is 2.11. The van der Waals surface area contributed by atoms with Crippen LogP contribution in [0.1, 0.15) is 5.69 Å². The van der Waals surface area contributed by atoms with E-state index in [1.165, 1.54) is 0 Å². The molecule has 1 aromatic heterocycles. The number of nitrogens with zero attached hydrogens (tertiary/aromatic N) is 3. The molecule has 0 saturated carbocycles. The van der Waals surface area contributed by atoms with E-state index in [1.54, 1.807) is 0 Å². The molecule has 1 aromatic rings. The lowest BCUT2D eigenvalue weighted by atomic mass is 10.3. The van der Waals surface area contributed by atoms with E-state index >= 15 is 0 Å². The Kier molecular flexibility index (Phi) is 3.72. The number of aromatic nitrogens is 1.